The molecule has 0 amide bonds. The van der Waals surface area contributed by atoms with Gasteiger partial charge in [-0.25, -0.2) is 0 Å². The van der Waals surface area contributed by atoms with E-state index in [2.05, 4.69) is 53.0 Å². The van der Waals surface area contributed by atoms with Crippen LogP contribution in [0, 0.1) is 6.92 Å². The van der Waals surface area contributed by atoms with E-state index < -0.39 is 0 Å². The van der Waals surface area contributed by atoms with Gasteiger partial charge in [0, 0.05) is 28.6 Å². The van der Waals surface area contributed by atoms with Gasteiger partial charge in [0.15, 0.2) is 0 Å². The molecular weight excluding hydrogens is 276 g/mol. The average molecular weight is 291 g/mol. The molecule has 2 N–H and O–H groups in total. The van der Waals surface area contributed by atoms with Crippen LogP contribution in [0.4, 0.5) is 17.1 Å². The van der Waals surface area contributed by atoms with Gasteiger partial charge in [0.2, 0.25) is 0 Å². The van der Waals surface area contributed by atoms with E-state index in [9.17, 15) is 0 Å². The zero-order valence-electron chi connectivity index (χ0n) is 9.94. The Morgan fingerprint density at radius 3 is 2.35 bits per heavy atom. The fourth-order valence-corrected chi connectivity index (χ4v) is 2.13. The molecule has 2 aromatic rings. The average Bonchev–Trinajstić information content (AvgIpc) is 2.32. The Morgan fingerprint density at radius 2 is 1.71 bits per heavy atom. The van der Waals surface area contributed by atoms with E-state index in [1.165, 1.54) is 11.3 Å². The molecule has 0 fully saturated rings. The summed E-state index contributed by atoms with van der Waals surface area (Å²) in [6.07, 6.45) is 0. The largest absolute Gasteiger partial charge is 0.399 e. The number of rotatable bonds is 2. The molecule has 0 aromatic heterocycles. The number of hydrogen-bond donors (Lipinski definition) is 1. The number of hydrogen-bond acceptors (Lipinski definition) is 2. The van der Waals surface area contributed by atoms with Crippen molar-refractivity contribution in [2.75, 3.05) is 17.7 Å². The summed E-state index contributed by atoms with van der Waals surface area (Å²) in [6, 6.07) is 14.2. The predicted molar refractivity (Wildman–Crippen MR) is 77.8 cm³/mol. The quantitative estimate of drug-likeness (QED) is 0.844. The van der Waals surface area contributed by atoms with Crippen LogP contribution < -0.4 is 10.6 Å². The van der Waals surface area contributed by atoms with Crippen LogP contribution in [0.1, 0.15) is 5.56 Å². The van der Waals surface area contributed by atoms with Crippen molar-refractivity contribution >= 4 is 33.0 Å². The highest BCUT2D eigenvalue weighted by atomic mass is 79.9. The maximum Gasteiger partial charge on any atom is 0.0449 e. The number of halogens is 1. The number of aryl methyl sites for hydroxylation is 1. The molecule has 0 saturated carbocycles. The molecule has 0 atom stereocenters. The minimum absolute atomic E-state index is 0.785. The van der Waals surface area contributed by atoms with E-state index in [-0.39, 0.29) is 0 Å². The normalized spacial score (nSPS) is 10.3. The molecule has 0 aliphatic rings. The van der Waals surface area contributed by atoms with Crippen LogP contribution in [-0.4, -0.2) is 7.05 Å². The lowest BCUT2D eigenvalue weighted by molar-refractivity contribution is 1.18. The third-order valence-corrected chi connectivity index (χ3v) is 3.31. The molecule has 2 aromatic carbocycles. The van der Waals surface area contributed by atoms with Crippen molar-refractivity contribution in [3.8, 4) is 0 Å². The smallest absolute Gasteiger partial charge is 0.0449 e. The van der Waals surface area contributed by atoms with Crippen molar-refractivity contribution in [2.24, 2.45) is 0 Å². The Balaban J connectivity index is 2.39. The topological polar surface area (TPSA) is 29.3 Å². The SMILES string of the molecule is Cc1ccc(Br)cc1N(C)c1ccc(N)cc1. The van der Waals surface area contributed by atoms with Gasteiger partial charge in [0.25, 0.3) is 0 Å². The summed E-state index contributed by atoms with van der Waals surface area (Å²) in [4.78, 5) is 2.15. The van der Waals surface area contributed by atoms with Gasteiger partial charge in [-0.1, -0.05) is 22.0 Å². The van der Waals surface area contributed by atoms with Crippen LogP contribution in [0.5, 0.6) is 0 Å². The first kappa shape index (κ1) is 12.0. The predicted octanol–water partition coefficient (Wildman–Crippen LogP) is 4.11. The minimum atomic E-state index is 0.785. The number of nitrogen functional groups attached to an aromatic ring is 1. The Bertz CT molecular complexity index is 520. The molecule has 0 saturated heterocycles. The number of nitrogens with two attached hydrogens (primary N) is 1. The first-order chi connectivity index (χ1) is 8.08. The second-order valence-electron chi connectivity index (χ2n) is 4.08. The summed E-state index contributed by atoms with van der Waals surface area (Å²) in [6.45, 7) is 2.11. The number of anilines is 3. The fourth-order valence-electron chi connectivity index (χ4n) is 1.78. The fraction of sp³-hybridized carbons (Fsp3) is 0.143. The lowest BCUT2D eigenvalue weighted by Gasteiger charge is -2.22. The second-order valence-corrected chi connectivity index (χ2v) is 5.00. The van der Waals surface area contributed by atoms with Gasteiger partial charge in [0.1, 0.15) is 0 Å². The van der Waals surface area contributed by atoms with Gasteiger partial charge >= 0.3 is 0 Å². The molecule has 0 aliphatic carbocycles. The summed E-state index contributed by atoms with van der Waals surface area (Å²) in [5.41, 5.74) is 10.0. The van der Waals surface area contributed by atoms with Gasteiger partial charge in [-0.3, -0.25) is 0 Å². The number of benzene rings is 2. The van der Waals surface area contributed by atoms with Crippen molar-refractivity contribution < 1.29 is 0 Å². The van der Waals surface area contributed by atoms with Crippen molar-refractivity contribution in [1.29, 1.82) is 0 Å². The summed E-state index contributed by atoms with van der Waals surface area (Å²) in [5, 5.41) is 0. The number of nitrogens with zero attached hydrogens (tertiary/aromatic N) is 1. The van der Waals surface area contributed by atoms with Gasteiger partial charge in [0.05, 0.1) is 0 Å². The van der Waals surface area contributed by atoms with E-state index >= 15 is 0 Å². The molecule has 3 heteroatoms. The van der Waals surface area contributed by atoms with Crippen molar-refractivity contribution in [1.82, 2.24) is 0 Å². The monoisotopic (exact) mass is 290 g/mol. The highest BCUT2D eigenvalue weighted by Crippen LogP contribution is 2.29. The maximum absolute atomic E-state index is 5.69. The van der Waals surface area contributed by atoms with Crippen LogP contribution in [-0.2, 0) is 0 Å². The van der Waals surface area contributed by atoms with Crippen molar-refractivity contribution in [2.45, 2.75) is 6.92 Å². The van der Waals surface area contributed by atoms with Crippen molar-refractivity contribution in [3.05, 3.63) is 52.5 Å². The Morgan fingerprint density at radius 1 is 1.06 bits per heavy atom. The van der Waals surface area contributed by atoms with Gasteiger partial charge in [-0.15, -0.1) is 0 Å². The first-order valence-corrected chi connectivity index (χ1v) is 6.22. The summed E-state index contributed by atoms with van der Waals surface area (Å²) < 4.78 is 1.08. The first-order valence-electron chi connectivity index (χ1n) is 5.43. The molecule has 0 radical (unpaired) electrons. The molecule has 2 nitrogen and oxygen atoms in total. The Kier molecular flexibility index (Phi) is 3.38. The van der Waals surface area contributed by atoms with E-state index in [1.807, 2.05) is 24.3 Å². The molecule has 0 heterocycles. The highest BCUT2D eigenvalue weighted by molar-refractivity contribution is 9.10. The third-order valence-electron chi connectivity index (χ3n) is 2.81. The van der Waals surface area contributed by atoms with Crippen LogP contribution >= 0.6 is 15.9 Å². The molecule has 0 bridgehead atoms. The molecule has 0 aliphatic heterocycles. The molecule has 0 unspecified atom stereocenters. The lowest BCUT2D eigenvalue weighted by atomic mass is 10.1. The van der Waals surface area contributed by atoms with E-state index in [0.29, 0.717) is 0 Å². The molecule has 0 spiro atoms. The third kappa shape index (κ3) is 2.61. The summed E-state index contributed by atoms with van der Waals surface area (Å²) in [7, 11) is 2.06. The maximum atomic E-state index is 5.69. The van der Waals surface area contributed by atoms with Crippen molar-refractivity contribution in [3.63, 3.8) is 0 Å². The minimum Gasteiger partial charge on any atom is -0.399 e. The van der Waals surface area contributed by atoms with Crippen LogP contribution in [0.3, 0.4) is 0 Å². The van der Waals surface area contributed by atoms with Crippen LogP contribution in [0.2, 0.25) is 0 Å². The zero-order chi connectivity index (χ0) is 12.4. The van der Waals surface area contributed by atoms with E-state index in [4.69, 9.17) is 5.73 Å². The van der Waals surface area contributed by atoms with E-state index in [1.54, 1.807) is 0 Å². The standard InChI is InChI=1S/C14H15BrN2/c1-10-3-4-11(15)9-14(10)17(2)13-7-5-12(16)6-8-13/h3-9H,16H2,1-2H3. The Hall–Kier alpha value is -1.48. The molecule has 17 heavy (non-hydrogen) atoms. The van der Waals surface area contributed by atoms with Crippen LogP contribution in [0.15, 0.2) is 46.9 Å². The van der Waals surface area contributed by atoms with Crippen LogP contribution in [0.25, 0.3) is 0 Å². The summed E-state index contributed by atoms with van der Waals surface area (Å²) >= 11 is 3.50. The summed E-state index contributed by atoms with van der Waals surface area (Å²) in [5.74, 6) is 0. The van der Waals surface area contributed by atoms with Gasteiger partial charge in [-0.05, 0) is 48.9 Å². The van der Waals surface area contributed by atoms with Gasteiger partial charge < -0.3 is 10.6 Å². The molecule has 2 rings (SSSR count). The highest BCUT2D eigenvalue weighted by Gasteiger charge is 2.07. The van der Waals surface area contributed by atoms with Gasteiger partial charge in [-0.2, -0.15) is 0 Å². The second kappa shape index (κ2) is 4.80. The Labute approximate surface area is 110 Å². The lowest BCUT2D eigenvalue weighted by Crippen LogP contribution is -2.10. The molecule has 88 valence electrons. The zero-order valence-corrected chi connectivity index (χ0v) is 11.5. The van der Waals surface area contributed by atoms with E-state index in [0.717, 1.165) is 15.8 Å². The molecular formula is C14H15BrN2.